The second-order valence-electron chi connectivity index (χ2n) is 3.68. The van der Waals surface area contributed by atoms with Crippen molar-refractivity contribution in [1.82, 2.24) is 0 Å². The second kappa shape index (κ2) is 6.39. The van der Waals surface area contributed by atoms with E-state index in [1.807, 2.05) is 39.0 Å². The molecule has 0 rings (SSSR count). The van der Waals surface area contributed by atoms with Crippen LogP contribution in [0.1, 0.15) is 40.5 Å². The summed E-state index contributed by atoms with van der Waals surface area (Å²) in [7, 11) is 0. The molecule has 0 N–H and O–H groups in total. The Balaban J connectivity index is 4.98. The molecular weight excluding hydrogens is 172 g/mol. The molecule has 1 nitrogen and oxygen atoms in total. The Labute approximate surface area is 87.2 Å². The van der Waals surface area contributed by atoms with Gasteiger partial charge in [-0.3, -0.25) is 0 Å². The minimum atomic E-state index is -0.451. The van der Waals surface area contributed by atoms with Crippen LogP contribution in [-0.2, 0) is 4.79 Å². The van der Waals surface area contributed by atoms with Gasteiger partial charge in [0.1, 0.15) is 6.29 Å². The zero-order valence-electron chi connectivity index (χ0n) is 9.63. The first-order valence-corrected chi connectivity index (χ1v) is 5.15. The van der Waals surface area contributed by atoms with Gasteiger partial charge in [0.05, 0.1) is 5.41 Å². The van der Waals surface area contributed by atoms with E-state index in [2.05, 4.69) is 12.7 Å². The van der Waals surface area contributed by atoms with Crippen molar-refractivity contribution in [2.24, 2.45) is 5.41 Å². The lowest BCUT2D eigenvalue weighted by Crippen LogP contribution is -2.14. The maximum atomic E-state index is 11.0. The van der Waals surface area contributed by atoms with Crippen molar-refractivity contribution in [3.63, 3.8) is 0 Å². The van der Waals surface area contributed by atoms with Crippen LogP contribution in [0.15, 0.2) is 29.5 Å². The topological polar surface area (TPSA) is 17.1 Å². The van der Waals surface area contributed by atoms with Gasteiger partial charge in [0.2, 0.25) is 0 Å². The Morgan fingerprint density at radius 1 is 1.36 bits per heavy atom. The molecule has 1 unspecified atom stereocenters. The van der Waals surface area contributed by atoms with Crippen LogP contribution in [0, 0.1) is 5.41 Å². The summed E-state index contributed by atoms with van der Waals surface area (Å²) < 4.78 is 0. The molecule has 0 aliphatic carbocycles. The predicted molar refractivity (Wildman–Crippen MR) is 61.2 cm³/mol. The molecule has 1 atom stereocenters. The van der Waals surface area contributed by atoms with E-state index in [0.29, 0.717) is 0 Å². The van der Waals surface area contributed by atoms with Crippen molar-refractivity contribution in [3.8, 4) is 0 Å². The van der Waals surface area contributed by atoms with Gasteiger partial charge in [-0.2, -0.15) is 0 Å². The lowest BCUT2D eigenvalue weighted by molar-refractivity contribution is -0.112. The third-order valence-corrected chi connectivity index (χ3v) is 2.13. The number of aldehydes is 1. The van der Waals surface area contributed by atoms with Gasteiger partial charge in [0, 0.05) is 0 Å². The van der Waals surface area contributed by atoms with E-state index < -0.39 is 5.41 Å². The smallest absolute Gasteiger partial charge is 0.134 e. The van der Waals surface area contributed by atoms with Crippen LogP contribution in [0.4, 0.5) is 0 Å². The molecule has 14 heavy (non-hydrogen) atoms. The molecule has 0 saturated carbocycles. The Hall–Kier alpha value is -1.07. The summed E-state index contributed by atoms with van der Waals surface area (Å²) >= 11 is 0. The van der Waals surface area contributed by atoms with Crippen molar-refractivity contribution >= 4 is 6.29 Å². The van der Waals surface area contributed by atoms with Crippen LogP contribution in [0.25, 0.3) is 0 Å². The average Bonchev–Trinajstić information content (AvgIpc) is 2.19. The van der Waals surface area contributed by atoms with E-state index in [-0.39, 0.29) is 0 Å². The summed E-state index contributed by atoms with van der Waals surface area (Å²) in [6.45, 7) is 8.03. The standard InChI is InChI=1S/C13H20O/c1-5-7-9-13(6-2,11-14)10-8-12(3)4/h7,9-11H,5-6H2,1-4H3/b9-7+. The molecule has 78 valence electrons. The largest absolute Gasteiger partial charge is 0.302 e. The van der Waals surface area contributed by atoms with Crippen LogP contribution >= 0.6 is 0 Å². The van der Waals surface area contributed by atoms with Crippen molar-refractivity contribution in [2.75, 3.05) is 0 Å². The van der Waals surface area contributed by atoms with Gasteiger partial charge in [-0.15, -0.1) is 5.73 Å². The van der Waals surface area contributed by atoms with Gasteiger partial charge in [0.25, 0.3) is 0 Å². The molecule has 0 bridgehead atoms. The minimum absolute atomic E-state index is 0.451. The highest BCUT2D eigenvalue weighted by atomic mass is 16.1. The fourth-order valence-corrected chi connectivity index (χ4v) is 1.04. The zero-order chi connectivity index (χ0) is 11.0. The summed E-state index contributed by atoms with van der Waals surface area (Å²) in [5.74, 6) is 0. The van der Waals surface area contributed by atoms with E-state index in [1.165, 1.54) is 0 Å². The SMILES string of the molecule is CC/C=C/C(C=O)(C=C=C(C)C)CC. The zero-order valence-corrected chi connectivity index (χ0v) is 9.63. The fraction of sp³-hybridized carbons (Fsp3) is 0.538. The first-order chi connectivity index (χ1) is 6.60. The molecule has 1 heteroatoms. The molecule has 0 aromatic heterocycles. The van der Waals surface area contributed by atoms with Gasteiger partial charge >= 0.3 is 0 Å². The first-order valence-electron chi connectivity index (χ1n) is 5.15. The monoisotopic (exact) mass is 192 g/mol. The molecule has 0 radical (unpaired) electrons. The molecule has 0 aromatic carbocycles. The highest BCUT2D eigenvalue weighted by Gasteiger charge is 2.19. The van der Waals surface area contributed by atoms with Gasteiger partial charge in [-0.1, -0.05) is 26.0 Å². The minimum Gasteiger partial charge on any atom is -0.302 e. The highest BCUT2D eigenvalue weighted by molar-refractivity contribution is 5.66. The number of hydrogen-bond donors (Lipinski definition) is 0. The van der Waals surface area contributed by atoms with E-state index in [1.54, 1.807) is 0 Å². The van der Waals surface area contributed by atoms with Crippen molar-refractivity contribution in [3.05, 3.63) is 29.5 Å². The molecular formula is C13H20O. The summed E-state index contributed by atoms with van der Waals surface area (Å²) in [6.07, 6.45) is 8.60. The van der Waals surface area contributed by atoms with Gasteiger partial charge < -0.3 is 4.79 Å². The Morgan fingerprint density at radius 2 is 2.00 bits per heavy atom. The van der Waals surface area contributed by atoms with Crippen LogP contribution < -0.4 is 0 Å². The lowest BCUT2D eigenvalue weighted by atomic mass is 9.86. The number of carbonyl (C=O) groups excluding carboxylic acids is 1. The Morgan fingerprint density at radius 3 is 2.36 bits per heavy atom. The van der Waals surface area contributed by atoms with Crippen molar-refractivity contribution in [1.29, 1.82) is 0 Å². The quantitative estimate of drug-likeness (QED) is 0.369. The molecule has 0 fully saturated rings. The molecule has 0 aliphatic rings. The Kier molecular flexibility index (Phi) is 5.91. The maximum Gasteiger partial charge on any atom is 0.134 e. The molecule has 0 aromatic rings. The van der Waals surface area contributed by atoms with Crippen molar-refractivity contribution < 1.29 is 4.79 Å². The molecule has 0 aliphatic heterocycles. The Bertz CT molecular complexity index is 263. The number of hydrogen-bond acceptors (Lipinski definition) is 1. The lowest BCUT2D eigenvalue weighted by Gasteiger charge is -2.16. The van der Waals surface area contributed by atoms with Crippen LogP contribution in [0.2, 0.25) is 0 Å². The van der Waals surface area contributed by atoms with Gasteiger partial charge in [-0.25, -0.2) is 0 Å². The maximum absolute atomic E-state index is 11.0. The van der Waals surface area contributed by atoms with Crippen molar-refractivity contribution in [2.45, 2.75) is 40.5 Å². The molecule has 0 heterocycles. The third-order valence-electron chi connectivity index (χ3n) is 2.13. The van der Waals surface area contributed by atoms with Crippen LogP contribution in [-0.4, -0.2) is 6.29 Å². The predicted octanol–water partition coefficient (Wildman–Crippen LogP) is 3.67. The van der Waals surface area contributed by atoms with Crippen LogP contribution in [0.5, 0.6) is 0 Å². The third kappa shape index (κ3) is 4.25. The summed E-state index contributed by atoms with van der Waals surface area (Å²) in [5.41, 5.74) is 3.75. The normalized spacial score (nSPS) is 14.6. The molecule has 0 amide bonds. The van der Waals surface area contributed by atoms with Crippen LogP contribution in [0.3, 0.4) is 0 Å². The first kappa shape index (κ1) is 12.9. The van der Waals surface area contributed by atoms with Gasteiger partial charge in [0.15, 0.2) is 0 Å². The second-order valence-corrected chi connectivity index (χ2v) is 3.68. The fourth-order valence-electron chi connectivity index (χ4n) is 1.04. The molecule has 0 spiro atoms. The van der Waals surface area contributed by atoms with E-state index in [0.717, 1.165) is 24.7 Å². The highest BCUT2D eigenvalue weighted by Crippen LogP contribution is 2.22. The van der Waals surface area contributed by atoms with E-state index in [4.69, 9.17) is 0 Å². The molecule has 0 saturated heterocycles. The summed E-state index contributed by atoms with van der Waals surface area (Å²) in [5, 5.41) is 0. The average molecular weight is 192 g/mol. The summed E-state index contributed by atoms with van der Waals surface area (Å²) in [4.78, 5) is 11.0. The summed E-state index contributed by atoms with van der Waals surface area (Å²) in [6, 6.07) is 0. The van der Waals surface area contributed by atoms with Gasteiger partial charge in [-0.05, 0) is 38.3 Å². The number of rotatable bonds is 5. The number of allylic oxidation sites excluding steroid dienone is 3. The van der Waals surface area contributed by atoms with E-state index in [9.17, 15) is 4.79 Å². The van der Waals surface area contributed by atoms with E-state index >= 15 is 0 Å². The number of carbonyl (C=O) groups is 1.